The number of amides is 3. The fourth-order valence-electron chi connectivity index (χ4n) is 5.51. The molecule has 3 aromatic rings. The van der Waals surface area contributed by atoms with Crippen molar-refractivity contribution in [2.75, 3.05) is 36.9 Å². The fraction of sp³-hybridized carbons (Fsp3) is 0.474. The van der Waals surface area contributed by atoms with Gasteiger partial charge in [-0.05, 0) is 112 Å². The average Bonchev–Trinajstić information content (AvgIpc) is 3.08. The highest BCUT2D eigenvalue weighted by atomic mass is 16.5. The van der Waals surface area contributed by atoms with Crippen molar-refractivity contribution in [3.63, 3.8) is 0 Å². The van der Waals surface area contributed by atoms with Gasteiger partial charge < -0.3 is 35.1 Å². The molecule has 3 amide bonds. The smallest absolute Gasteiger partial charge is 0.319 e. The summed E-state index contributed by atoms with van der Waals surface area (Å²) in [6, 6.07) is 18.0. The normalized spacial score (nSPS) is 13.7. The highest BCUT2D eigenvalue weighted by molar-refractivity contribution is 6.04. The minimum Gasteiger partial charge on any atom is -0.490 e. The van der Waals surface area contributed by atoms with Gasteiger partial charge in [-0.3, -0.25) is 4.79 Å². The molecule has 4 rings (SSSR count). The molecule has 47 heavy (non-hydrogen) atoms. The third-order valence-electron chi connectivity index (χ3n) is 8.42. The summed E-state index contributed by atoms with van der Waals surface area (Å²) in [6.45, 7) is 14.2. The second-order valence-electron chi connectivity index (χ2n) is 12.2. The number of rotatable bonds is 16. The number of hydrogen-bond acceptors (Lipinski definition) is 6. The summed E-state index contributed by atoms with van der Waals surface area (Å²) in [5.74, 6) is 2.30. The Morgan fingerprint density at radius 1 is 0.830 bits per heavy atom. The molecule has 1 fully saturated rings. The first-order valence-corrected chi connectivity index (χ1v) is 17.2. The molecule has 1 heterocycles. The van der Waals surface area contributed by atoms with Gasteiger partial charge in [-0.25, -0.2) is 4.79 Å². The van der Waals surface area contributed by atoms with Crippen molar-refractivity contribution in [2.24, 2.45) is 0 Å². The quantitative estimate of drug-likeness (QED) is 0.144. The van der Waals surface area contributed by atoms with Crippen molar-refractivity contribution < 1.29 is 23.8 Å². The van der Waals surface area contributed by atoms with E-state index in [1.54, 1.807) is 42.5 Å². The summed E-state index contributed by atoms with van der Waals surface area (Å²) in [5, 5.41) is 8.84. The highest BCUT2D eigenvalue weighted by Crippen LogP contribution is 2.35. The second kappa shape index (κ2) is 18.2. The van der Waals surface area contributed by atoms with Gasteiger partial charge in [0.15, 0.2) is 11.5 Å². The Labute approximate surface area is 280 Å². The van der Waals surface area contributed by atoms with Crippen molar-refractivity contribution in [3.05, 3.63) is 71.8 Å². The number of nitrogens with one attached hydrogen (secondary N) is 3. The number of nitrogens with zero attached hydrogens (tertiary/aromatic N) is 1. The number of anilines is 2. The zero-order valence-electron chi connectivity index (χ0n) is 28.7. The van der Waals surface area contributed by atoms with Gasteiger partial charge in [0.2, 0.25) is 0 Å². The molecule has 0 unspecified atom stereocenters. The zero-order chi connectivity index (χ0) is 33.6. The van der Waals surface area contributed by atoms with Gasteiger partial charge in [-0.1, -0.05) is 34.1 Å². The number of ether oxygens (including phenoxy) is 3. The van der Waals surface area contributed by atoms with Crippen LogP contribution in [0.3, 0.4) is 0 Å². The van der Waals surface area contributed by atoms with Crippen molar-refractivity contribution in [1.82, 2.24) is 10.2 Å². The molecular formula is C38H52N4O5. The summed E-state index contributed by atoms with van der Waals surface area (Å²) >= 11 is 0. The maximum Gasteiger partial charge on any atom is 0.319 e. The molecule has 0 spiro atoms. The van der Waals surface area contributed by atoms with Crippen LogP contribution in [-0.2, 0) is 0 Å². The van der Waals surface area contributed by atoms with Gasteiger partial charge in [-0.2, -0.15) is 0 Å². The predicted octanol–water partition coefficient (Wildman–Crippen LogP) is 8.78. The van der Waals surface area contributed by atoms with Crippen LogP contribution in [0.2, 0.25) is 0 Å². The van der Waals surface area contributed by atoms with Crippen LogP contribution in [0.4, 0.5) is 16.2 Å². The van der Waals surface area contributed by atoms with Crippen LogP contribution in [0.5, 0.6) is 23.0 Å². The third kappa shape index (κ3) is 10.9. The van der Waals surface area contributed by atoms with Crippen molar-refractivity contribution in [1.29, 1.82) is 0 Å². The molecule has 254 valence electrons. The molecular weight excluding hydrogens is 592 g/mol. The number of aryl methyl sites for hydroxylation is 1. The zero-order valence-corrected chi connectivity index (χ0v) is 28.7. The molecule has 9 heteroatoms. The molecule has 9 nitrogen and oxygen atoms in total. The summed E-state index contributed by atoms with van der Waals surface area (Å²) < 4.78 is 18.4. The Morgan fingerprint density at radius 3 is 2.19 bits per heavy atom. The first-order chi connectivity index (χ1) is 22.8. The minimum atomic E-state index is -0.250. The lowest BCUT2D eigenvalue weighted by atomic mass is 10.1. The van der Waals surface area contributed by atoms with E-state index in [4.69, 9.17) is 14.2 Å². The van der Waals surface area contributed by atoms with Crippen LogP contribution in [0.15, 0.2) is 60.7 Å². The Morgan fingerprint density at radius 2 is 1.53 bits per heavy atom. The third-order valence-corrected chi connectivity index (χ3v) is 8.42. The van der Waals surface area contributed by atoms with Crippen LogP contribution >= 0.6 is 0 Å². The SMILES string of the molecule is CCCCN1CCC(Oc2ccc(C(=O)Nc3ccc(Oc4ccc(NC(=O)NC(CC)CC)cc4OCCC)cc3)cc2C)CC1. The van der Waals surface area contributed by atoms with E-state index in [1.807, 2.05) is 45.9 Å². The Hall–Kier alpha value is -4.24. The summed E-state index contributed by atoms with van der Waals surface area (Å²) in [7, 11) is 0. The average molecular weight is 645 g/mol. The van der Waals surface area contributed by atoms with Gasteiger partial charge in [-0.15, -0.1) is 0 Å². The maximum atomic E-state index is 13.1. The van der Waals surface area contributed by atoms with Crippen LogP contribution < -0.4 is 30.2 Å². The van der Waals surface area contributed by atoms with Gasteiger partial charge >= 0.3 is 6.03 Å². The molecule has 0 atom stereocenters. The number of unbranched alkanes of at least 4 members (excludes halogenated alkanes) is 1. The summed E-state index contributed by atoms with van der Waals surface area (Å²) in [4.78, 5) is 28.0. The number of urea groups is 1. The molecule has 0 aliphatic carbocycles. The van der Waals surface area contributed by atoms with E-state index in [0.717, 1.165) is 56.5 Å². The Kier molecular flexibility index (Phi) is 13.8. The van der Waals surface area contributed by atoms with Crippen molar-refractivity contribution in [3.8, 4) is 23.0 Å². The van der Waals surface area contributed by atoms with E-state index < -0.39 is 0 Å². The molecule has 0 radical (unpaired) electrons. The first kappa shape index (κ1) is 35.6. The van der Waals surface area contributed by atoms with Crippen LogP contribution in [0.25, 0.3) is 0 Å². The van der Waals surface area contributed by atoms with Gasteiger partial charge in [0, 0.05) is 42.1 Å². The molecule has 1 saturated heterocycles. The van der Waals surface area contributed by atoms with E-state index in [-0.39, 0.29) is 24.1 Å². The number of carbonyl (C=O) groups excluding carboxylic acids is 2. The number of benzene rings is 3. The van der Waals surface area contributed by atoms with Gasteiger partial charge in [0.1, 0.15) is 17.6 Å². The van der Waals surface area contributed by atoms with Crippen molar-refractivity contribution in [2.45, 2.75) is 91.7 Å². The maximum absolute atomic E-state index is 13.1. The molecule has 0 bridgehead atoms. The number of piperidine rings is 1. The van der Waals surface area contributed by atoms with Gasteiger partial charge in [0.05, 0.1) is 6.61 Å². The number of carbonyl (C=O) groups is 2. The molecule has 0 saturated carbocycles. The van der Waals surface area contributed by atoms with E-state index in [1.165, 1.54) is 19.4 Å². The largest absolute Gasteiger partial charge is 0.490 e. The monoisotopic (exact) mass is 644 g/mol. The fourth-order valence-corrected chi connectivity index (χ4v) is 5.51. The van der Waals surface area contributed by atoms with E-state index >= 15 is 0 Å². The standard InChI is InChI=1S/C38H52N4O5/c1-6-10-21-42-22-19-33(20-23-42)46-34-17-11-28(25-27(34)5)37(43)39-30-12-15-32(16-13-30)47-35-18-14-31(26-36(35)45-24-7-2)41-38(44)40-29(8-3)9-4/h11-18,25-26,29,33H,6-10,19-24H2,1-5H3,(H,39,43)(H2,40,41,44). The van der Waals surface area contributed by atoms with Crippen molar-refractivity contribution >= 4 is 23.3 Å². The Bertz CT molecular complexity index is 1430. The molecule has 1 aliphatic heterocycles. The van der Waals surface area contributed by atoms with E-state index in [9.17, 15) is 9.59 Å². The molecule has 3 aromatic carbocycles. The second-order valence-corrected chi connectivity index (χ2v) is 12.2. The van der Waals surface area contributed by atoms with E-state index in [2.05, 4.69) is 27.8 Å². The lowest BCUT2D eigenvalue weighted by molar-refractivity contribution is 0.0991. The predicted molar refractivity (Wildman–Crippen MR) is 189 cm³/mol. The molecule has 3 N–H and O–H groups in total. The Balaban J connectivity index is 1.32. The van der Waals surface area contributed by atoms with Crippen LogP contribution in [-0.4, -0.2) is 55.2 Å². The van der Waals surface area contributed by atoms with Gasteiger partial charge in [0.25, 0.3) is 5.91 Å². The lowest BCUT2D eigenvalue weighted by Crippen LogP contribution is -2.38. The van der Waals surface area contributed by atoms with Crippen LogP contribution in [0, 0.1) is 6.92 Å². The van der Waals surface area contributed by atoms with E-state index in [0.29, 0.717) is 40.8 Å². The first-order valence-electron chi connectivity index (χ1n) is 17.2. The van der Waals surface area contributed by atoms with Crippen LogP contribution in [0.1, 0.15) is 88.6 Å². The topological polar surface area (TPSA) is 101 Å². The number of likely N-dealkylation sites (tertiary alicyclic amines) is 1. The summed E-state index contributed by atoms with van der Waals surface area (Å²) in [6.07, 6.45) is 7.29. The number of hydrogen-bond donors (Lipinski definition) is 3. The minimum absolute atomic E-state index is 0.124. The highest BCUT2D eigenvalue weighted by Gasteiger charge is 2.21. The lowest BCUT2D eigenvalue weighted by Gasteiger charge is -2.32. The molecule has 1 aliphatic rings. The molecule has 0 aromatic heterocycles. The summed E-state index contributed by atoms with van der Waals surface area (Å²) in [5.41, 5.74) is 2.79.